The molecule has 0 aromatic carbocycles. The van der Waals surface area contributed by atoms with Crippen LogP contribution in [0.3, 0.4) is 0 Å². The molecule has 4 heteroatoms. The van der Waals surface area contributed by atoms with Crippen molar-refractivity contribution in [2.45, 2.75) is 32.7 Å². The van der Waals surface area contributed by atoms with E-state index in [1.807, 2.05) is 30.2 Å². The molecular weight excluding hydrogens is 236 g/mol. The predicted molar refractivity (Wildman–Crippen MR) is 76.9 cm³/mol. The van der Waals surface area contributed by atoms with Crippen molar-refractivity contribution in [3.8, 4) is 0 Å². The van der Waals surface area contributed by atoms with E-state index in [2.05, 4.69) is 41.5 Å². The maximum absolute atomic E-state index is 4.53. The number of likely N-dealkylation sites (N-methyl/N-ethyl adjacent to an activating group) is 1. The van der Waals surface area contributed by atoms with Crippen LogP contribution >= 0.6 is 0 Å². The summed E-state index contributed by atoms with van der Waals surface area (Å²) < 4.78 is 1.90. The summed E-state index contributed by atoms with van der Waals surface area (Å²) >= 11 is 0. The Morgan fingerprint density at radius 1 is 1.37 bits per heavy atom. The van der Waals surface area contributed by atoms with Crippen molar-refractivity contribution in [2.75, 3.05) is 6.54 Å². The van der Waals surface area contributed by atoms with Crippen molar-refractivity contribution >= 4 is 0 Å². The zero-order valence-electron chi connectivity index (χ0n) is 11.9. The lowest BCUT2D eigenvalue weighted by Gasteiger charge is -2.17. The molecule has 0 radical (unpaired) electrons. The third kappa shape index (κ3) is 3.41. The van der Waals surface area contributed by atoms with Crippen LogP contribution in [-0.2, 0) is 19.9 Å². The van der Waals surface area contributed by atoms with Gasteiger partial charge in [0.2, 0.25) is 0 Å². The predicted octanol–water partition coefficient (Wildman–Crippen LogP) is 2.27. The van der Waals surface area contributed by atoms with Crippen molar-refractivity contribution in [2.24, 2.45) is 7.05 Å². The van der Waals surface area contributed by atoms with Gasteiger partial charge in [-0.3, -0.25) is 9.67 Å². The summed E-state index contributed by atoms with van der Waals surface area (Å²) in [5.41, 5.74) is 3.73. The van der Waals surface area contributed by atoms with Gasteiger partial charge >= 0.3 is 0 Å². The van der Waals surface area contributed by atoms with E-state index in [0.29, 0.717) is 6.04 Å². The van der Waals surface area contributed by atoms with Crippen LogP contribution in [0.15, 0.2) is 30.7 Å². The molecule has 0 saturated carbocycles. The fourth-order valence-electron chi connectivity index (χ4n) is 2.41. The molecule has 0 spiro atoms. The molecule has 1 atom stereocenters. The quantitative estimate of drug-likeness (QED) is 0.864. The van der Waals surface area contributed by atoms with Crippen molar-refractivity contribution in [1.82, 2.24) is 20.1 Å². The molecule has 0 aliphatic heterocycles. The minimum absolute atomic E-state index is 0.304. The second kappa shape index (κ2) is 6.48. The van der Waals surface area contributed by atoms with E-state index in [0.717, 1.165) is 19.4 Å². The Labute approximate surface area is 114 Å². The Balaban J connectivity index is 2.24. The molecule has 0 saturated heterocycles. The Hall–Kier alpha value is -1.68. The van der Waals surface area contributed by atoms with Gasteiger partial charge in [-0.15, -0.1) is 0 Å². The van der Waals surface area contributed by atoms with Crippen LogP contribution in [0.25, 0.3) is 0 Å². The van der Waals surface area contributed by atoms with E-state index in [4.69, 9.17) is 0 Å². The minimum Gasteiger partial charge on any atom is -0.310 e. The van der Waals surface area contributed by atoms with Crippen molar-refractivity contribution in [1.29, 1.82) is 0 Å². The first-order chi connectivity index (χ1) is 9.24. The van der Waals surface area contributed by atoms with Gasteiger partial charge < -0.3 is 5.32 Å². The molecule has 102 valence electrons. The number of aryl methyl sites for hydroxylation is 2. The largest absolute Gasteiger partial charge is 0.310 e. The molecule has 2 rings (SSSR count). The normalized spacial score (nSPS) is 12.6. The Bertz CT molecular complexity index is 504. The van der Waals surface area contributed by atoms with Crippen LogP contribution in [0.1, 0.15) is 36.7 Å². The molecule has 0 aliphatic rings. The zero-order valence-corrected chi connectivity index (χ0v) is 11.9. The fourth-order valence-corrected chi connectivity index (χ4v) is 2.41. The maximum Gasteiger partial charge on any atom is 0.0669 e. The summed E-state index contributed by atoms with van der Waals surface area (Å²) in [5.74, 6) is 0. The average Bonchev–Trinajstić information content (AvgIpc) is 2.80. The van der Waals surface area contributed by atoms with E-state index < -0.39 is 0 Å². The highest BCUT2D eigenvalue weighted by molar-refractivity contribution is 5.24. The summed E-state index contributed by atoms with van der Waals surface area (Å²) in [6, 6.07) is 4.42. The third-order valence-corrected chi connectivity index (χ3v) is 3.26. The topological polar surface area (TPSA) is 42.7 Å². The molecule has 0 aliphatic carbocycles. The third-order valence-electron chi connectivity index (χ3n) is 3.26. The van der Waals surface area contributed by atoms with E-state index in [1.165, 1.54) is 16.8 Å². The fraction of sp³-hybridized carbons (Fsp3) is 0.467. The molecule has 0 amide bonds. The first-order valence-corrected chi connectivity index (χ1v) is 6.89. The van der Waals surface area contributed by atoms with Crippen molar-refractivity contribution in [3.63, 3.8) is 0 Å². The number of nitrogens with zero attached hydrogens (tertiary/aromatic N) is 3. The molecule has 19 heavy (non-hydrogen) atoms. The van der Waals surface area contributed by atoms with Gasteiger partial charge in [0, 0.05) is 37.2 Å². The Morgan fingerprint density at radius 2 is 2.21 bits per heavy atom. The molecule has 2 aromatic rings. The zero-order chi connectivity index (χ0) is 13.7. The Morgan fingerprint density at radius 3 is 2.84 bits per heavy atom. The summed E-state index contributed by atoms with van der Waals surface area (Å²) in [6.07, 6.45) is 7.79. The highest BCUT2D eigenvalue weighted by Gasteiger charge is 2.17. The lowest BCUT2D eigenvalue weighted by molar-refractivity contribution is 0.545. The van der Waals surface area contributed by atoms with Crippen LogP contribution in [0.5, 0.6) is 0 Å². The molecule has 4 nitrogen and oxygen atoms in total. The molecule has 2 aromatic heterocycles. The van der Waals surface area contributed by atoms with Crippen LogP contribution in [0, 0.1) is 0 Å². The standard InChI is InChI=1S/C15H22N4/c1-4-14-13(11-19(3)18-14)15(17-5-2)9-12-7-6-8-16-10-12/h6-8,10-11,15,17H,4-5,9H2,1-3H3. The van der Waals surface area contributed by atoms with Gasteiger partial charge in [-0.25, -0.2) is 0 Å². The summed E-state index contributed by atoms with van der Waals surface area (Å²) in [4.78, 5) is 4.19. The van der Waals surface area contributed by atoms with Crippen LogP contribution < -0.4 is 5.32 Å². The molecule has 1 unspecified atom stereocenters. The number of nitrogens with one attached hydrogen (secondary N) is 1. The van der Waals surface area contributed by atoms with Gasteiger partial charge in [-0.05, 0) is 31.0 Å². The maximum atomic E-state index is 4.53. The van der Waals surface area contributed by atoms with E-state index in [9.17, 15) is 0 Å². The molecule has 1 N–H and O–H groups in total. The number of pyridine rings is 1. The summed E-state index contributed by atoms with van der Waals surface area (Å²) in [6.45, 7) is 5.24. The van der Waals surface area contributed by atoms with Crippen LogP contribution in [0.4, 0.5) is 0 Å². The summed E-state index contributed by atoms with van der Waals surface area (Å²) in [7, 11) is 1.98. The highest BCUT2D eigenvalue weighted by Crippen LogP contribution is 2.21. The molecule has 2 heterocycles. The first kappa shape index (κ1) is 13.7. The van der Waals surface area contributed by atoms with E-state index >= 15 is 0 Å². The molecular formula is C15H22N4. The number of aromatic nitrogens is 3. The van der Waals surface area contributed by atoms with Gasteiger partial charge in [-0.1, -0.05) is 19.9 Å². The monoisotopic (exact) mass is 258 g/mol. The van der Waals surface area contributed by atoms with Crippen molar-refractivity contribution in [3.05, 3.63) is 47.5 Å². The number of hydrogen-bond acceptors (Lipinski definition) is 3. The number of rotatable bonds is 6. The molecule has 0 fully saturated rings. The van der Waals surface area contributed by atoms with E-state index in [1.54, 1.807) is 0 Å². The van der Waals surface area contributed by atoms with Gasteiger partial charge in [0.05, 0.1) is 5.69 Å². The van der Waals surface area contributed by atoms with Crippen LogP contribution in [0.2, 0.25) is 0 Å². The minimum atomic E-state index is 0.304. The SMILES string of the molecule is CCNC(Cc1cccnc1)c1cn(C)nc1CC. The highest BCUT2D eigenvalue weighted by atomic mass is 15.3. The van der Waals surface area contributed by atoms with Gasteiger partial charge in [0.15, 0.2) is 0 Å². The second-order valence-corrected chi connectivity index (χ2v) is 4.73. The molecule has 0 bridgehead atoms. The van der Waals surface area contributed by atoms with Crippen molar-refractivity contribution < 1.29 is 0 Å². The smallest absolute Gasteiger partial charge is 0.0669 e. The number of hydrogen-bond donors (Lipinski definition) is 1. The second-order valence-electron chi connectivity index (χ2n) is 4.73. The average molecular weight is 258 g/mol. The van der Waals surface area contributed by atoms with Crippen LogP contribution in [-0.4, -0.2) is 21.3 Å². The van der Waals surface area contributed by atoms with Gasteiger partial charge in [-0.2, -0.15) is 5.10 Å². The Kier molecular flexibility index (Phi) is 4.68. The first-order valence-electron chi connectivity index (χ1n) is 6.89. The van der Waals surface area contributed by atoms with Gasteiger partial charge in [0.25, 0.3) is 0 Å². The van der Waals surface area contributed by atoms with E-state index in [-0.39, 0.29) is 0 Å². The lowest BCUT2D eigenvalue weighted by Crippen LogP contribution is -2.23. The summed E-state index contributed by atoms with van der Waals surface area (Å²) in [5, 5.41) is 8.09. The van der Waals surface area contributed by atoms with Gasteiger partial charge in [0.1, 0.15) is 0 Å². The lowest BCUT2D eigenvalue weighted by atomic mass is 9.99.